The maximum Gasteiger partial charge on any atom is 0.243 e. The Balaban J connectivity index is 1.46. The van der Waals surface area contributed by atoms with Gasteiger partial charge in [0.15, 0.2) is 0 Å². The van der Waals surface area contributed by atoms with Gasteiger partial charge in [0.05, 0.1) is 4.90 Å². The molecule has 4 rings (SSSR count). The van der Waals surface area contributed by atoms with Crippen molar-refractivity contribution in [1.29, 1.82) is 0 Å². The first kappa shape index (κ1) is 20.6. The average Bonchev–Trinajstić information content (AvgIpc) is 3.18. The molecule has 0 spiro atoms. The van der Waals surface area contributed by atoms with E-state index in [1.54, 1.807) is 10.4 Å². The predicted molar refractivity (Wildman–Crippen MR) is 118 cm³/mol. The molecule has 0 radical (unpaired) electrons. The SMILES string of the molecule is C[C@@H]1CCCN1CCc1ccc(-c2cccc(S(=O)(=O)N3CCCCC3)c2)cc1. The number of benzene rings is 2. The van der Waals surface area contributed by atoms with Gasteiger partial charge in [-0.1, -0.05) is 42.8 Å². The summed E-state index contributed by atoms with van der Waals surface area (Å²) in [5, 5.41) is 0. The molecule has 0 N–H and O–H groups in total. The van der Waals surface area contributed by atoms with Crippen molar-refractivity contribution in [2.45, 2.75) is 56.4 Å². The van der Waals surface area contributed by atoms with Crippen LogP contribution in [0.3, 0.4) is 0 Å². The highest BCUT2D eigenvalue weighted by atomic mass is 32.2. The molecule has 0 saturated carbocycles. The number of rotatable bonds is 6. The van der Waals surface area contributed by atoms with Gasteiger partial charge in [0.25, 0.3) is 0 Å². The summed E-state index contributed by atoms with van der Waals surface area (Å²) < 4.78 is 27.6. The number of hydrogen-bond donors (Lipinski definition) is 0. The van der Waals surface area contributed by atoms with Crippen molar-refractivity contribution in [2.24, 2.45) is 0 Å². The molecule has 2 saturated heterocycles. The fraction of sp³-hybridized carbons (Fsp3) is 0.500. The van der Waals surface area contributed by atoms with Gasteiger partial charge in [-0.05, 0) is 74.4 Å². The molecule has 0 aromatic heterocycles. The van der Waals surface area contributed by atoms with Crippen LogP contribution < -0.4 is 0 Å². The van der Waals surface area contributed by atoms with Gasteiger partial charge in [0.2, 0.25) is 10.0 Å². The molecule has 2 aromatic rings. The second-order valence-electron chi connectivity index (χ2n) is 8.47. The first-order valence-electron chi connectivity index (χ1n) is 11.0. The van der Waals surface area contributed by atoms with Crippen molar-refractivity contribution in [3.8, 4) is 11.1 Å². The first-order valence-corrected chi connectivity index (χ1v) is 12.4. The van der Waals surface area contributed by atoms with Crippen LogP contribution >= 0.6 is 0 Å². The molecule has 2 heterocycles. The molecule has 0 amide bonds. The molecule has 2 fully saturated rings. The Labute approximate surface area is 175 Å². The van der Waals surface area contributed by atoms with Crippen LogP contribution in [0.2, 0.25) is 0 Å². The first-order chi connectivity index (χ1) is 14.0. The van der Waals surface area contributed by atoms with Crippen LogP contribution in [-0.4, -0.2) is 49.8 Å². The molecule has 0 aliphatic carbocycles. The third-order valence-electron chi connectivity index (χ3n) is 6.45. The van der Waals surface area contributed by atoms with E-state index >= 15 is 0 Å². The van der Waals surface area contributed by atoms with Gasteiger partial charge in [0, 0.05) is 25.7 Å². The normalized spacial score (nSPS) is 21.5. The van der Waals surface area contributed by atoms with E-state index in [0.29, 0.717) is 24.0 Å². The molecule has 0 unspecified atom stereocenters. The van der Waals surface area contributed by atoms with Gasteiger partial charge in [-0.3, -0.25) is 0 Å². The second-order valence-corrected chi connectivity index (χ2v) is 10.4. The van der Waals surface area contributed by atoms with E-state index in [4.69, 9.17) is 0 Å². The number of hydrogen-bond acceptors (Lipinski definition) is 3. The topological polar surface area (TPSA) is 40.6 Å². The van der Waals surface area contributed by atoms with Crippen molar-refractivity contribution >= 4 is 10.0 Å². The van der Waals surface area contributed by atoms with Crippen LogP contribution in [0.1, 0.15) is 44.6 Å². The van der Waals surface area contributed by atoms with E-state index in [2.05, 4.69) is 36.1 Å². The van der Waals surface area contributed by atoms with Crippen molar-refractivity contribution in [1.82, 2.24) is 9.21 Å². The van der Waals surface area contributed by atoms with Gasteiger partial charge >= 0.3 is 0 Å². The van der Waals surface area contributed by atoms with Gasteiger partial charge in [-0.15, -0.1) is 0 Å². The fourth-order valence-electron chi connectivity index (χ4n) is 4.55. The van der Waals surface area contributed by atoms with E-state index in [0.717, 1.165) is 43.4 Å². The van der Waals surface area contributed by atoms with E-state index in [1.807, 2.05) is 18.2 Å². The van der Waals surface area contributed by atoms with E-state index in [1.165, 1.54) is 24.9 Å². The minimum Gasteiger partial charge on any atom is -0.300 e. The lowest BCUT2D eigenvalue weighted by Gasteiger charge is -2.26. The van der Waals surface area contributed by atoms with Crippen molar-refractivity contribution < 1.29 is 8.42 Å². The van der Waals surface area contributed by atoms with Crippen LogP contribution in [0.4, 0.5) is 0 Å². The molecule has 1 atom stereocenters. The highest BCUT2D eigenvalue weighted by Crippen LogP contribution is 2.26. The molecule has 4 nitrogen and oxygen atoms in total. The Morgan fingerprint density at radius 2 is 1.66 bits per heavy atom. The Morgan fingerprint density at radius 3 is 2.34 bits per heavy atom. The fourth-order valence-corrected chi connectivity index (χ4v) is 6.12. The zero-order chi connectivity index (χ0) is 20.3. The lowest BCUT2D eigenvalue weighted by atomic mass is 10.0. The highest BCUT2D eigenvalue weighted by Gasteiger charge is 2.26. The van der Waals surface area contributed by atoms with Crippen molar-refractivity contribution in [3.05, 3.63) is 54.1 Å². The van der Waals surface area contributed by atoms with Gasteiger partial charge in [0.1, 0.15) is 0 Å². The quantitative estimate of drug-likeness (QED) is 0.699. The summed E-state index contributed by atoms with van der Waals surface area (Å²) in [6, 6.07) is 16.7. The highest BCUT2D eigenvalue weighted by molar-refractivity contribution is 7.89. The van der Waals surface area contributed by atoms with Gasteiger partial charge in [-0.2, -0.15) is 4.31 Å². The number of sulfonamides is 1. The zero-order valence-corrected chi connectivity index (χ0v) is 18.2. The summed E-state index contributed by atoms with van der Waals surface area (Å²) in [5.41, 5.74) is 3.37. The maximum atomic E-state index is 13.0. The average molecular weight is 413 g/mol. The zero-order valence-electron chi connectivity index (χ0n) is 17.4. The Kier molecular flexibility index (Phi) is 6.38. The number of nitrogens with zero attached hydrogens (tertiary/aromatic N) is 2. The molecular weight excluding hydrogens is 380 g/mol. The summed E-state index contributed by atoms with van der Waals surface area (Å²) in [6.07, 6.45) is 6.72. The minimum atomic E-state index is -3.40. The standard InChI is InChI=1S/C24H32N2O2S/c1-20-7-6-15-25(20)18-14-21-10-12-22(13-11-21)23-8-5-9-24(19-23)29(27,28)26-16-3-2-4-17-26/h5,8-13,19-20H,2-4,6-7,14-18H2,1H3/t20-/m1/s1. The monoisotopic (exact) mass is 412 g/mol. The van der Waals surface area contributed by atoms with Crippen LogP contribution in [0.15, 0.2) is 53.4 Å². The Hall–Kier alpha value is -1.69. The molecular formula is C24H32N2O2S. The van der Waals surface area contributed by atoms with Crippen LogP contribution in [0.5, 0.6) is 0 Å². The third kappa shape index (κ3) is 4.73. The van der Waals surface area contributed by atoms with Crippen molar-refractivity contribution in [3.63, 3.8) is 0 Å². The van der Waals surface area contributed by atoms with E-state index < -0.39 is 10.0 Å². The molecule has 156 valence electrons. The maximum absolute atomic E-state index is 13.0. The van der Waals surface area contributed by atoms with Crippen LogP contribution in [-0.2, 0) is 16.4 Å². The van der Waals surface area contributed by atoms with E-state index in [-0.39, 0.29) is 0 Å². The summed E-state index contributed by atoms with van der Waals surface area (Å²) in [6.45, 7) is 5.93. The Morgan fingerprint density at radius 1 is 0.897 bits per heavy atom. The summed E-state index contributed by atoms with van der Waals surface area (Å²) in [4.78, 5) is 2.98. The summed E-state index contributed by atoms with van der Waals surface area (Å²) in [7, 11) is -3.40. The third-order valence-corrected chi connectivity index (χ3v) is 8.35. The molecule has 2 aliphatic heterocycles. The largest absolute Gasteiger partial charge is 0.300 e. The Bertz CT molecular complexity index is 918. The van der Waals surface area contributed by atoms with Crippen LogP contribution in [0.25, 0.3) is 11.1 Å². The molecule has 2 aromatic carbocycles. The van der Waals surface area contributed by atoms with Crippen LogP contribution in [0, 0.1) is 0 Å². The van der Waals surface area contributed by atoms with E-state index in [9.17, 15) is 8.42 Å². The number of likely N-dealkylation sites (tertiary alicyclic amines) is 1. The van der Waals surface area contributed by atoms with Gasteiger partial charge in [-0.25, -0.2) is 8.42 Å². The summed E-state index contributed by atoms with van der Waals surface area (Å²) in [5.74, 6) is 0. The predicted octanol–water partition coefficient (Wildman–Crippen LogP) is 4.56. The molecule has 2 aliphatic rings. The second kappa shape index (κ2) is 8.99. The molecule has 0 bridgehead atoms. The lowest BCUT2D eigenvalue weighted by Crippen LogP contribution is -2.35. The lowest BCUT2D eigenvalue weighted by molar-refractivity contribution is 0.272. The smallest absolute Gasteiger partial charge is 0.243 e. The molecule has 29 heavy (non-hydrogen) atoms. The van der Waals surface area contributed by atoms with Crippen molar-refractivity contribution in [2.75, 3.05) is 26.2 Å². The minimum absolute atomic E-state index is 0.406. The van der Waals surface area contributed by atoms with Gasteiger partial charge < -0.3 is 4.90 Å². The molecule has 5 heteroatoms. The number of piperidine rings is 1. The summed E-state index contributed by atoms with van der Waals surface area (Å²) >= 11 is 0.